The van der Waals surface area contributed by atoms with Gasteiger partial charge < -0.3 is 10.1 Å². The number of ether oxygens (including phenoxy) is 1. The minimum atomic E-state index is -4.60. The van der Waals surface area contributed by atoms with Crippen LogP contribution < -0.4 is 5.32 Å². The van der Waals surface area contributed by atoms with Crippen molar-refractivity contribution in [3.05, 3.63) is 77.7 Å². The van der Waals surface area contributed by atoms with Gasteiger partial charge in [0.1, 0.15) is 11.6 Å². The Morgan fingerprint density at radius 3 is 2.44 bits per heavy atom. The van der Waals surface area contributed by atoms with Crippen LogP contribution >= 0.6 is 0 Å². The quantitative estimate of drug-likeness (QED) is 0.281. The van der Waals surface area contributed by atoms with Crippen LogP contribution in [0.4, 0.5) is 37.8 Å². The summed E-state index contributed by atoms with van der Waals surface area (Å²) in [5, 5.41) is 3.54. The predicted molar refractivity (Wildman–Crippen MR) is 133 cm³/mol. The average Bonchev–Trinajstić information content (AvgIpc) is 2.88. The van der Waals surface area contributed by atoms with Gasteiger partial charge in [-0.15, -0.1) is 0 Å². The van der Waals surface area contributed by atoms with Gasteiger partial charge in [-0.2, -0.15) is 26.3 Å². The molecule has 0 aliphatic carbocycles. The Morgan fingerprint density at radius 1 is 0.974 bits per heavy atom. The van der Waals surface area contributed by atoms with Crippen molar-refractivity contribution in [2.75, 3.05) is 25.0 Å². The Kier molecular flexibility index (Phi) is 7.17. The molecule has 0 unspecified atom stereocenters. The van der Waals surface area contributed by atoms with E-state index in [-0.39, 0.29) is 17.4 Å². The van der Waals surface area contributed by atoms with Crippen LogP contribution in [0.2, 0.25) is 0 Å². The minimum absolute atomic E-state index is 0.0143. The van der Waals surface area contributed by atoms with Crippen molar-refractivity contribution in [3.63, 3.8) is 0 Å². The van der Waals surface area contributed by atoms with E-state index in [9.17, 15) is 26.3 Å². The second kappa shape index (κ2) is 10.4. The van der Waals surface area contributed by atoms with E-state index in [1.165, 1.54) is 36.5 Å². The van der Waals surface area contributed by atoms with Gasteiger partial charge in [0, 0.05) is 35.9 Å². The number of anilines is 2. The molecule has 1 N–H and O–H groups in total. The van der Waals surface area contributed by atoms with E-state index in [2.05, 4.69) is 25.2 Å². The molecule has 6 nitrogen and oxygen atoms in total. The summed E-state index contributed by atoms with van der Waals surface area (Å²) >= 11 is 0. The zero-order chi connectivity index (χ0) is 27.8. The van der Waals surface area contributed by atoms with Crippen LogP contribution in [-0.4, -0.2) is 45.7 Å². The van der Waals surface area contributed by atoms with Gasteiger partial charge in [-0.25, -0.2) is 9.97 Å². The van der Waals surface area contributed by atoms with Crippen molar-refractivity contribution in [1.29, 1.82) is 0 Å². The highest BCUT2D eigenvalue weighted by Gasteiger charge is 2.34. The summed E-state index contributed by atoms with van der Waals surface area (Å²) in [5.41, 5.74) is -0.937. The van der Waals surface area contributed by atoms with E-state index < -0.39 is 23.5 Å². The SMILES string of the molecule is C[C@@H]1CN(Cc2nc(Nc3ccc(C(F)(F)F)cc3)c3ccc(-c4ncccc4C(F)(F)F)cc3n2)CCO1. The Hall–Kier alpha value is -3.77. The summed E-state index contributed by atoms with van der Waals surface area (Å²) in [6.07, 6.45) is -7.77. The Labute approximate surface area is 219 Å². The first-order chi connectivity index (χ1) is 18.5. The van der Waals surface area contributed by atoms with Crippen molar-refractivity contribution in [2.45, 2.75) is 31.9 Å². The number of aromatic nitrogens is 3. The summed E-state index contributed by atoms with van der Waals surface area (Å²) in [4.78, 5) is 15.3. The standard InChI is InChI=1S/C27H23F6N5O/c1-16-14-38(11-12-39-16)15-23-36-22-13-17(24-21(27(31,32)33)3-2-10-34-24)4-9-20(22)25(37-23)35-19-7-5-18(6-8-19)26(28,29)30/h2-10,13,16H,11-12,14-15H2,1H3,(H,35,36,37)/t16-/m1/s1. The van der Waals surface area contributed by atoms with Gasteiger partial charge >= 0.3 is 12.4 Å². The van der Waals surface area contributed by atoms with Crippen LogP contribution in [-0.2, 0) is 23.6 Å². The van der Waals surface area contributed by atoms with Crippen LogP contribution in [0.25, 0.3) is 22.2 Å². The molecule has 5 rings (SSSR count). The van der Waals surface area contributed by atoms with Crippen LogP contribution in [0.3, 0.4) is 0 Å². The summed E-state index contributed by atoms with van der Waals surface area (Å²) in [6, 6.07) is 11.3. The van der Waals surface area contributed by atoms with Gasteiger partial charge in [-0.1, -0.05) is 6.07 Å². The molecule has 0 bridgehead atoms. The molecule has 0 amide bonds. The highest BCUT2D eigenvalue weighted by atomic mass is 19.4. The van der Waals surface area contributed by atoms with E-state index in [1.54, 1.807) is 6.07 Å². The molecule has 1 fully saturated rings. The first-order valence-electron chi connectivity index (χ1n) is 12.1. The molecule has 4 aromatic rings. The van der Waals surface area contributed by atoms with E-state index in [4.69, 9.17) is 4.74 Å². The lowest BCUT2D eigenvalue weighted by Crippen LogP contribution is -2.40. The van der Waals surface area contributed by atoms with Gasteiger partial charge in [0.2, 0.25) is 0 Å². The fourth-order valence-electron chi connectivity index (χ4n) is 4.47. The van der Waals surface area contributed by atoms with Gasteiger partial charge in [-0.3, -0.25) is 9.88 Å². The fourth-order valence-corrected chi connectivity index (χ4v) is 4.47. The van der Waals surface area contributed by atoms with Crippen molar-refractivity contribution < 1.29 is 31.1 Å². The number of morpholine rings is 1. The Bertz CT molecular complexity index is 1470. The highest BCUT2D eigenvalue weighted by Crippen LogP contribution is 2.37. The smallest absolute Gasteiger partial charge is 0.376 e. The lowest BCUT2D eigenvalue weighted by molar-refractivity contribution is -0.138. The van der Waals surface area contributed by atoms with Crippen molar-refractivity contribution in [2.24, 2.45) is 0 Å². The van der Waals surface area contributed by atoms with Crippen molar-refractivity contribution in [1.82, 2.24) is 19.9 Å². The molecule has 1 saturated heterocycles. The molecule has 3 heterocycles. The average molecular weight is 548 g/mol. The van der Waals surface area contributed by atoms with Gasteiger partial charge in [0.05, 0.1) is 41.6 Å². The number of hydrogen-bond acceptors (Lipinski definition) is 6. The molecule has 2 aromatic heterocycles. The summed E-state index contributed by atoms with van der Waals surface area (Å²) in [6.45, 7) is 4.13. The minimum Gasteiger partial charge on any atom is -0.376 e. The maximum atomic E-state index is 13.7. The van der Waals surface area contributed by atoms with Crippen molar-refractivity contribution in [3.8, 4) is 11.3 Å². The third-order valence-electron chi connectivity index (χ3n) is 6.29. The van der Waals surface area contributed by atoms with Gasteiger partial charge in [0.25, 0.3) is 0 Å². The molecule has 1 atom stereocenters. The van der Waals surface area contributed by atoms with Gasteiger partial charge in [0.15, 0.2) is 0 Å². The zero-order valence-corrected chi connectivity index (χ0v) is 20.6. The van der Waals surface area contributed by atoms with E-state index in [0.717, 1.165) is 18.2 Å². The molecule has 2 aromatic carbocycles. The lowest BCUT2D eigenvalue weighted by Gasteiger charge is -2.30. The first kappa shape index (κ1) is 26.8. The number of benzene rings is 2. The third kappa shape index (κ3) is 6.12. The number of halogens is 6. The van der Waals surface area contributed by atoms with E-state index in [1.807, 2.05) is 6.92 Å². The number of fused-ring (bicyclic) bond motifs is 1. The lowest BCUT2D eigenvalue weighted by atomic mass is 10.0. The zero-order valence-electron chi connectivity index (χ0n) is 20.6. The van der Waals surface area contributed by atoms with Gasteiger partial charge in [-0.05, 0) is 55.5 Å². The highest BCUT2D eigenvalue weighted by molar-refractivity contribution is 5.93. The molecule has 1 aliphatic rings. The molecule has 0 saturated carbocycles. The maximum Gasteiger partial charge on any atom is 0.418 e. The summed E-state index contributed by atoms with van der Waals surface area (Å²) in [5.74, 6) is 0.722. The molecule has 204 valence electrons. The monoisotopic (exact) mass is 547 g/mol. The number of rotatable bonds is 5. The second-order valence-electron chi connectivity index (χ2n) is 9.23. The first-order valence-corrected chi connectivity index (χ1v) is 12.1. The van der Waals surface area contributed by atoms with Crippen molar-refractivity contribution >= 4 is 22.4 Å². The molecular weight excluding hydrogens is 524 g/mol. The topological polar surface area (TPSA) is 63.2 Å². The summed E-state index contributed by atoms with van der Waals surface area (Å²) < 4.78 is 85.6. The summed E-state index contributed by atoms with van der Waals surface area (Å²) in [7, 11) is 0. The fraction of sp³-hybridized carbons (Fsp3) is 0.296. The van der Waals surface area contributed by atoms with Crippen LogP contribution in [0.15, 0.2) is 60.8 Å². The number of pyridine rings is 1. The number of nitrogens with zero attached hydrogens (tertiary/aromatic N) is 4. The molecule has 12 heteroatoms. The molecule has 1 aliphatic heterocycles. The molecule has 0 radical (unpaired) electrons. The van der Waals surface area contributed by atoms with E-state index >= 15 is 0 Å². The van der Waals surface area contributed by atoms with Crippen LogP contribution in [0.1, 0.15) is 23.9 Å². The normalized spacial score (nSPS) is 16.9. The van der Waals surface area contributed by atoms with E-state index in [0.29, 0.717) is 54.5 Å². The number of alkyl halides is 6. The Morgan fingerprint density at radius 2 is 1.74 bits per heavy atom. The van der Waals surface area contributed by atoms with Crippen LogP contribution in [0, 0.1) is 0 Å². The third-order valence-corrected chi connectivity index (χ3v) is 6.29. The molecule has 0 spiro atoms. The van der Waals surface area contributed by atoms with Crippen LogP contribution in [0.5, 0.6) is 0 Å². The maximum absolute atomic E-state index is 13.7. The molecule has 39 heavy (non-hydrogen) atoms. The largest absolute Gasteiger partial charge is 0.418 e. The predicted octanol–water partition coefficient (Wildman–Crippen LogP) is 6.69. The number of nitrogens with one attached hydrogen (secondary N) is 1. The Balaban J connectivity index is 1.57. The number of hydrogen-bond donors (Lipinski definition) is 1. The second-order valence-corrected chi connectivity index (χ2v) is 9.23. The molecular formula is C27H23F6N5O.